The van der Waals surface area contributed by atoms with E-state index in [-0.39, 0.29) is 0 Å². The number of aromatic nitrogens is 1. The van der Waals surface area contributed by atoms with Crippen LogP contribution in [0.15, 0.2) is 48.5 Å². The summed E-state index contributed by atoms with van der Waals surface area (Å²) in [6.45, 7) is 1.09. The molecule has 4 heteroatoms. The number of rotatable bonds is 7. The van der Waals surface area contributed by atoms with Crippen molar-refractivity contribution in [3.63, 3.8) is 0 Å². The van der Waals surface area contributed by atoms with Gasteiger partial charge >= 0.3 is 0 Å². The summed E-state index contributed by atoms with van der Waals surface area (Å²) >= 11 is 4.34. The number of aryl methyl sites for hydroxylation is 1. The van der Waals surface area contributed by atoms with Crippen molar-refractivity contribution in [1.29, 1.82) is 0 Å². The van der Waals surface area contributed by atoms with Crippen molar-refractivity contribution < 1.29 is 4.57 Å². The zero-order valence-corrected chi connectivity index (χ0v) is 17.8. The Hall–Kier alpha value is -1.40. The molecule has 25 heavy (non-hydrogen) atoms. The van der Waals surface area contributed by atoms with Crippen LogP contribution in [-0.2, 0) is 6.54 Å². The van der Waals surface area contributed by atoms with Crippen LogP contribution >= 0.6 is 33.9 Å². The van der Waals surface area contributed by atoms with Gasteiger partial charge in [-0.25, -0.2) is 0 Å². The van der Waals surface area contributed by atoms with Crippen molar-refractivity contribution in [3.8, 4) is 0 Å². The highest BCUT2D eigenvalue weighted by Gasteiger charge is 2.17. The van der Waals surface area contributed by atoms with Gasteiger partial charge in [-0.3, -0.25) is 0 Å². The summed E-state index contributed by atoms with van der Waals surface area (Å²) < 4.78 is 5.06. The smallest absolute Gasteiger partial charge is 0.262 e. The molecule has 0 bridgehead atoms. The summed E-state index contributed by atoms with van der Waals surface area (Å²) in [4.78, 5) is 2.13. The Morgan fingerprint density at radius 2 is 1.76 bits per heavy atom. The molecule has 0 N–H and O–H groups in total. The van der Waals surface area contributed by atoms with Crippen LogP contribution in [0.4, 0.5) is 5.69 Å². The van der Waals surface area contributed by atoms with Crippen molar-refractivity contribution >= 4 is 62.0 Å². The molecule has 0 atom stereocenters. The summed E-state index contributed by atoms with van der Waals surface area (Å²) in [5, 5.41) is 1.33. The number of fused-ring (bicyclic) bond motifs is 1. The van der Waals surface area contributed by atoms with Crippen LogP contribution in [0, 0.1) is 0 Å². The van der Waals surface area contributed by atoms with E-state index in [0.29, 0.717) is 0 Å². The number of benzene rings is 2. The Labute approximate surface area is 167 Å². The van der Waals surface area contributed by atoms with E-state index in [4.69, 9.17) is 0 Å². The number of anilines is 1. The number of hydrogen-bond donors (Lipinski definition) is 0. The van der Waals surface area contributed by atoms with Crippen molar-refractivity contribution in [3.05, 3.63) is 59.1 Å². The highest BCUT2D eigenvalue weighted by molar-refractivity contribution is 14.1. The van der Waals surface area contributed by atoms with Gasteiger partial charge in [0, 0.05) is 38.3 Å². The highest BCUT2D eigenvalue weighted by Crippen LogP contribution is 2.22. The first-order valence-electron chi connectivity index (χ1n) is 8.62. The van der Waals surface area contributed by atoms with E-state index in [1.54, 1.807) is 0 Å². The second-order valence-electron chi connectivity index (χ2n) is 6.28. The van der Waals surface area contributed by atoms with Gasteiger partial charge in [0.25, 0.3) is 5.01 Å². The van der Waals surface area contributed by atoms with Gasteiger partial charge in [0.1, 0.15) is 4.70 Å². The van der Waals surface area contributed by atoms with Crippen LogP contribution in [0.5, 0.6) is 0 Å². The lowest BCUT2D eigenvalue weighted by atomic mass is 10.2. The molecule has 0 saturated carbocycles. The summed E-state index contributed by atoms with van der Waals surface area (Å²) in [5.74, 6) is 0. The van der Waals surface area contributed by atoms with Crippen molar-refractivity contribution in [1.82, 2.24) is 0 Å². The lowest BCUT2D eigenvalue weighted by Crippen LogP contribution is -2.35. The van der Waals surface area contributed by atoms with Gasteiger partial charge in [0.15, 0.2) is 6.54 Å². The molecule has 0 fully saturated rings. The maximum absolute atomic E-state index is 2.47. The summed E-state index contributed by atoms with van der Waals surface area (Å²) in [7, 11) is 4.14. The second-order valence-corrected chi connectivity index (χ2v) is 8.42. The molecular formula is C21H24IN2S+. The van der Waals surface area contributed by atoms with E-state index in [2.05, 4.69) is 107 Å². The van der Waals surface area contributed by atoms with Gasteiger partial charge in [0.05, 0.1) is 0 Å². The Bertz CT molecular complexity index is 850. The largest absolute Gasteiger partial charge is 0.378 e. The minimum atomic E-state index is 1.09. The van der Waals surface area contributed by atoms with E-state index in [0.717, 1.165) is 6.54 Å². The van der Waals surface area contributed by atoms with Gasteiger partial charge in [-0.15, -0.1) is 0 Å². The predicted octanol–water partition coefficient (Wildman–Crippen LogP) is 5.64. The normalized spacial score (nSPS) is 11.5. The molecule has 0 aliphatic heterocycles. The Morgan fingerprint density at radius 3 is 2.48 bits per heavy atom. The molecule has 2 nitrogen and oxygen atoms in total. The fourth-order valence-corrected chi connectivity index (χ4v) is 4.45. The number of halogens is 1. The van der Waals surface area contributed by atoms with E-state index in [9.17, 15) is 0 Å². The molecule has 0 aliphatic carbocycles. The van der Waals surface area contributed by atoms with E-state index >= 15 is 0 Å². The first-order valence-corrected chi connectivity index (χ1v) is 11.0. The molecule has 3 aromatic rings. The minimum Gasteiger partial charge on any atom is -0.378 e. The lowest BCUT2D eigenvalue weighted by molar-refractivity contribution is -0.669. The Balaban J connectivity index is 1.87. The molecule has 1 aromatic heterocycles. The van der Waals surface area contributed by atoms with Crippen molar-refractivity contribution in [2.75, 3.05) is 23.4 Å². The number of para-hydroxylation sites is 1. The first kappa shape index (κ1) is 18.4. The fourth-order valence-electron chi connectivity index (χ4n) is 2.82. The van der Waals surface area contributed by atoms with Gasteiger partial charge in [0.2, 0.25) is 5.52 Å². The average Bonchev–Trinajstić information content (AvgIpc) is 2.98. The number of thiazole rings is 1. The third kappa shape index (κ3) is 4.61. The molecule has 0 amide bonds. The SMILES string of the molecule is CN(C)c1ccc(/C=C/c2sc3ccccc3[n+]2CCCCI)cc1. The van der Waals surface area contributed by atoms with E-state index in [1.807, 2.05) is 11.3 Å². The van der Waals surface area contributed by atoms with Crippen LogP contribution < -0.4 is 9.47 Å². The third-order valence-corrected chi connectivity index (χ3v) is 6.12. The molecule has 3 rings (SSSR count). The van der Waals surface area contributed by atoms with Crippen molar-refractivity contribution in [2.45, 2.75) is 19.4 Å². The van der Waals surface area contributed by atoms with Gasteiger partial charge in [-0.1, -0.05) is 58.2 Å². The number of unbranched alkanes of at least 4 members (excludes halogenated alkanes) is 1. The Kier molecular flexibility index (Phi) is 6.48. The maximum Gasteiger partial charge on any atom is 0.262 e. The van der Waals surface area contributed by atoms with Crippen LogP contribution in [0.25, 0.3) is 22.4 Å². The van der Waals surface area contributed by atoms with Crippen LogP contribution in [0.1, 0.15) is 23.4 Å². The third-order valence-electron chi connectivity index (χ3n) is 4.23. The van der Waals surface area contributed by atoms with E-state index < -0.39 is 0 Å². The quantitative estimate of drug-likeness (QED) is 0.190. The minimum absolute atomic E-state index is 1.09. The number of hydrogen-bond acceptors (Lipinski definition) is 2. The molecule has 0 aliphatic rings. The van der Waals surface area contributed by atoms with Crippen LogP contribution in [-0.4, -0.2) is 18.5 Å². The van der Waals surface area contributed by atoms with Gasteiger partial charge in [-0.2, -0.15) is 4.57 Å². The average molecular weight is 463 g/mol. The fraction of sp³-hybridized carbons (Fsp3) is 0.286. The van der Waals surface area contributed by atoms with Crippen LogP contribution in [0.3, 0.4) is 0 Å². The van der Waals surface area contributed by atoms with E-state index in [1.165, 1.54) is 43.7 Å². The molecule has 0 radical (unpaired) electrons. The molecule has 1 heterocycles. The standard InChI is InChI=1S/C21H24IN2S/c1-23(2)18-12-9-17(10-13-18)11-14-21-24(16-6-5-15-22)19-7-3-4-8-20(19)25-21/h3-4,7-14H,5-6,15-16H2,1-2H3/q+1. The van der Waals surface area contributed by atoms with Gasteiger partial charge in [-0.05, 0) is 40.7 Å². The maximum atomic E-state index is 2.47. The molecular weight excluding hydrogens is 439 g/mol. The molecule has 2 aromatic carbocycles. The topological polar surface area (TPSA) is 7.12 Å². The summed E-state index contributed by atoms with van der Waals surface area (Å²) in [6, 6.07) is 17.4. The molecule has 0 spiro atoms. The molecule has 0 saturated heterocycles. The number of nitrogens with zero attached hydrogens (tertiary/aromatic N) is 2. The van der Waals surface area contributed by atoms with Gasteiger partial charge < -0.3 is 4.90 Å². The Morgan fingerprint density at radius 1 is 1.00 bits per heavy atom. The lowest BCUT2D eigenvalue weighted by Gasteiger charge is -2.11. The summed E-state index contributed by atoms with van der Waals surface area (Å²) in [6.07, 6.45) is 6.98. The zero-order valence-electron chi connectivity index (χ0n) is 14.8. The first-order chi connectivity index (χ1) is 12.2. The monoisotopic (exact) mass is 463 g/mol. The van der Waals surface area contributed by atoms with Crippen molar-refractivity contribution in [2.24, 2.45) is 0 Å². The second kappa shape index (κ2) is 8.81. The zero-order chi connectivity index (χ0) is 17.6. The molecule has 0 unspecified atom stereocenters. The predicted molar refractivity (Wildman–Crippen MR) is 120 cm³/mol. The van der Waals surface area contributed by atoms with Crippen LogP contribution in [0.2, 0.25) is 0 Å². The summed E-state index contributed by atoms with van der Waals surface area (Å²) in [5.41, 5.74) is 3.82. The molecule has 130 valence electrons. The highest BCUT2D eigenvalue weighted by atomic mass is 127. The number of alkyl halides is 1.